The third-order valence-electron chi connectivity index (χ3n) is 1.55. The van der Waals surface area contributed by atoms with E-state index < -0.39 is 0 Å². The molecule has 1 aromatic rings. The van der Waals surface area contributed by atoms with E-state index in [1.807, 2.05) is 19.1 Å². The average Bonchev–Trinajstić information content (AvgIpc) is 1.93. The van der Waals surface area contributed by atoms with Gasteiger partial charge in [0.15, 0.2) is 0 Å². The van der Waals surface area contributed by atoms with Crippen molar-refractivity contribution in [1.29, 1.82) is 0 Å². The minimum absolute atomic E-state index is 1.04. The lowest BCUT2D eigenvalue weighted by molar-refractivity contribution is 1.44. The first kappa shape index (κ1) is 8.41. The zero-order chi connectivity index (χ0) is 8.27. The Labute approximate surface area is 73.4 Å². The molecule has 0 amide bonds. The van der Waals surface area contributed by atoms with E-state index in [9.17, 15) is 0 Å². The third-order valence-corrected chi connectivity index (χ3v) is 1.68. The smallest absolute Gasteiger partial charge is 0.0209 e. The highest BCUT2D eigenvalue weighted by molar-refractivity contribution is 7.84. The fourth-order valence-corrected chi connectivity index (χ4v) is 1.11. The SMILES string of the molecule is C/C(S)=C\c1ccccc1C. The zero-order valence-electron chi connectivity index (χ0n) is 6.83. The second-order valence-corrected chi connectivity index (χ2v) is 3.35. The zero-order valence-corrected chi connectivity index (χ0v) is 7.73. The highest BCUT2D eigenvalue weighted by Gasteiger charge is 1.90. The van der Waals surface area contributed by atoms with Crippen LogP contribution >= 0.6 is 12.6 Å². The van der Waals surface area contributed by atoms with E-state index in [0.29, 0.717) is 0 Å². The van der Waals surface area contributed by atoms with E-state index in [4.69, 9.17) is 0 Å². The standard InChI is InChI=1S/C10H12S/c1-8-5-3-4-6-10(8)7-9(2)11/h3-7,11H,1-2H3/b9-7+. The lowest BCUT2D eigenvalue weighted by Gasteiger charge is -1.98. The Morgan fingerprint density at radius 3 is 2.55 bits per heavy atom. The second-order valence-electron chi connectivity index (χ2n) is 2.64. The normalized spacial score (nSPS) is 11.7. The van der Waals surface area contributed by atoms with E-state index in [2.05, 4.69) is 37.8 Å². The predicted octanol–water partition coefficient (Wildman–Crippen LogP) is 3.29. The maximum atomic E-state index is 4.22. The fourth-order valence-electron chi connectivity index (χ4n) is 0.974. The Morgan fingerprint density at radius 1 is 1.36 bits per heavy atom. The van der Waals surface area contributed by atoms with E-state index in [-0.39, 0.29) is 0 Å². The number of benzene rings is 1. The highest BCUT2D eigenvalue weighted by atomic mass is 32.1. The molecular formula is C10H12S. The quantitative estimate of drug-likeness (QED) is 0.605. The van der Waals surface area contributed by atoms with Gasteiger partial charge < -0.3 is 0 Å². The number of aryl methyl sites for hydroxylation is 1. The molecule has 0 saturated heterocycles. The topological polar surface area (TPSA) is 0 Å². The van der Waals surface area contributed by atoms with Crippen molar-refractivity contribution < 1.29 is 0 Å². The van der Waals surface area contributed by atoms with E-state index in [0.717, 1.165) is 4.91 Å². The van der Waals surface area contributed by atoms with E-state index >= 15 is 0 Å². The van der Waals surface area contributed by atoms with Crippen LogP contribution in [0.25, 0.3) is 6.08 Å². The Bertz CT molecular complexity index is 270. The van der Waals surface area contributed by atoms with Crippen molar-refractivity contribution in [3.05, 3.63) is 40.3 Å². The van der Waals surface area contributed by atoms with Crippen molar-refractivity contribution in [2.24, 2.45) is 0 Å². The highest BCUT2D eigenvalue weighted by Crippen LogP contribution is 2.12. The van der Waals surface area contributed by atoms with Gasteiger partial charge in [-0.05, 0) is 36.0 Å². The number of hydrogen-bond donors (Lipinski definition) is 1. The Morgan fingerprint density at radius 2 is 2.00 bits per heavy atom. The van der Waals surface area contributed by atoms with Crippen LogP contribution in [-0.2, 0) is 0 Å². The minimum Gasteiger partial charge on any atom is -0.148 e. The van der Waals surface area contributed by atoms with Crippen molar-refractivity contribution in [1.82, 2.24) is 0 Å². The van der Waals surface area contributed by atoms with Crippen LogP contribution in [0.5, 0.6) is 0 Å². The third kappa shape index (κ3) is 2.43. The second kappa shape index (κ2) is 3.63. The Hall–Kier alpha value is -0.690. The van der Waals surface area contributed by atoms with E-state index in [1.54, 1.807) is 0 Å². The molecule has 1 rings (SSSR count). The molecule has 0 N–H and O–H groups in total. The van der Waals surface area contributed by atoms with Gasteiger partial charge in [-0.3, -0.25) is 0 Å². The van der Waals surface area contributed by atoms with Crippen LogP contribution in [0.15, 0.2) is 29.2 Å². The van der Waals surface area contributed by atoms with Crippen molar-refractivity contribution in [2.75, 3.05) is 0 Å². The van der Waals surface area contributed by atoms with Crippen LogP contribution in [0.4, 0.5) is 0 Å². The molecule has 0 spiro atoms. The first-order chi connectivity index (χ1) is 5.20. The van der Waals surface area contributed by atoms with Crippen LogP contribution in [0.1, 0.15) is 18.1 Å². The number of rotatable bonds is 1. The molecule has 0 aliphatic rings. The van der Waals surface area contributed by atoms with Gasteiger partial charge in [-0.1, -0.05) is 24.3 Å². The molecule has 0 nitrogen and oxygen atoms in total. The van der Waals surface area contributed by atoms with Gasteiger partial charge in [0.05, 0.1) is 0 Å². The first-order valence-electron chi connectivity index (χ1n) is 3.63. The summed E-state index contributed by atoms with van der Waals surface area (Å²) in [4.78, 5) is 1.04. The molecule has 0 aliphatic heterocycles. The number of thiol groups is 1. The summed E-state index contributed by atoms with van der Waals surface area (Å²) in [5.41, 5.74) is 2.54. The summed E-state index contributed by atoms with van der Waals surface area (Å²) in [7, 11) is 0. The molecule has 0 atom stereocenters. The summed E-state index contributed by atoms with van der Waals surface area (Å²) in [6.07, 6.45) is 2.07. The van der Waals surface area contributed by atoms with Crippen LogP contribution in [0.3, 0.4) is 0 Å². The van der Waals surface area contributed by atoms with Gasteiger partial charge in [0.25, 0.3) is 0 Å². The van der Waals surface area contributed by atoms with Gasteiger partial charge in [-0.15, -0.1) is 12.6 Å². The van der Waals surface area contributed by atoms with Gasteiger partial charge in [-0.2, -0.15) is 0 Å². The lowest BCUT2D eigenvalue weighted by atomic mass is 10.1. The summed E-state index contributed by atoms with van der Waals surface area (Å²) >= 11 is 4.22. The van der Waals surface area contributed by atoms with E-state index in [1.165, 1.54) is 11.1 Å². The summed E-state index contributed by atoms with van der Waals surface area (Å²) in [5.74, 6) is 0. The first-order valence-corrected chi connectivity index (χ1v) is 4.08. The summed E-state index contributed by atoms with van der Waals surface area (Å²) in [6, 6.07) is 8.27. The maximum Gasteiger partial charge on any atom is -0.0209 e. The molecule has 0 radical (unpaired) electrons. The number of allylic oxidation sites excluding steroid dienone is 1. The largest absolute Gasteiger partial charge is 0.148 e. The molecule has 1 heteroatoms. The van der Waals surface area contributed by atoms with Gasteiger partial charge >= 0.3 is 0 Å². The molecule has 0 heterocycles. The van der Waals surface area contributed by atoms with Crippen molar-refractivity contribution >= 4 is 18.7 Å². The van der Waals surface area contributed by atoms with Crippen LogP contribution in [0, 0.1) is 6.92 Å². The average molecular weight is 164 g/mol. The van der Waals surface area contributed by atoms with Gasteiger partial charge in [-0.25, -0.2) is 0 Å². The summed E-state index contributed by atoms with van der Waals surface area (Å²) in [5, 5.41) is 0. The molecule has 0 aliphatic carbocycles. The van der Waals surface area contributed by atoms with Crippen LogP contribution in [-0.4, -0.2) is 0 Å². The van der Waals surface area contributed by atoms with Gasteiger partial charge in [0, 0.05) is 0 Å². The molecular weight excluding hydrogens is 152 g/mol. The molecule has 58 valence electrons. The maximum absolute atomic E-state index is 4.22. The predicted molar refractivity (Wildman–Crippen MR) is 53.8 cm³/mol. The molecule has 11 heavy (non-hydrogen) atoms. The molecule has 1 aromatic carbocycles. The lowest BCUT2D eigenvalue weighted by Crippen LogP contribution is -1.77. The van der Waals surface area contributed by atoms with Gasteiger partial charge in [0.2, 0.25) is 0 Å². The molecule has 0 fully saturated rings. The summed E-state index contributed by atoms with van der Waals surface area (Å²) < 4.78 is 0. The number of hydrogen-bond acceptors (Lipinski definition) is 1. The van der Waals surface area contributed by atoms with Crippen LogP contribution < -0.4 is 0 Å². The van der Waals surface area contributed by atoms with Crippen molar-refractivity contribution in [3.63, 3.8) is 0 Å². The summed E-state index contributed by atoms with van der Waals surface area (Å²) in [6.45, 7) is 4.08. The molecule has 0 unspecified atom stereocenters. The van der Waals surface area contributed by atoms with Crippen molar-refractivity contribution in [3.8, 4) is 0 Å². The molecule has 0 saturated carbocycles. The monoisotopic (exact) mass is 164 g/mol. The van der Waals surface area contributed by atoms with Crippen LogP contribution in [0.2, 0.25) is 0 Å². The van der Waals surface area contributed by atoms with Gasteiger partial charge in [0.1, 0.15) is 0 Å². The minimum atomic E-state index is 1.04. The fraction of sp³-hybridized carbons (Fsp3) is 0.200. The Kier molecular flexibility index (Phi) is 2.77. The molecule has 0 bridgehead atoms. The van der Waals surface area contributed by atoms with Crippen molar-refractivity contribution in [2.45, 2.75) is 13.8 Å². The Balaban J connectivity index is 3.04. The molecule has 0 aromatic heterocycles.